The number of aromatic nitrogens is 2. The number of benzene rings is 2. The third kappa shape index (κ3) is 6.12. The van der Waals surface area contributed by atoms with Crippen LogP contribution in [0.25, 0.3) is 0 Å². The second kappa shape index (κ2) is 10.8. The average molecular weight is 465 g/mol. The van der Waals surface area contributed by atoms with E-state index in [1.807, 2.05) is 55.5 Å². The Labute approximate surface area is 197 Å². The van der Waals surface area contributed by atoms with Gasteiger partial charge >= 0.3 is 23.8 Å². The largest absolute Gasteiger partial charge is 0.494 e. The Hall–Kier alpha value is -3.88. The van der Waals surface area contributed by atoms with E-state index >= 15 is 0 Å². The van der Waals surface area contributed by atoms with Crippen LogP contribution in [-0.4, -0.2) is 33.8 Å². The molecule has 1 fully saturated rings. The Bertz CT molecular complexity index is 1100. The van der Waals surface area contributed by atoms with Gasteiger partial charge in [0.2, 0.25) is 0 Å². The van der Waals surface area contributed by atoms with Gasteiger partial charge in [0.25, 0.3) is 0 Å². The van der Waals surface area contributed by atoms with Crippen molar-refractivity contribution in [3.05, 3.63) is 60.0 Å². The van der Waals surface area contributed by atoms with Gasteiger partial charge in [0.1, 0.15) is 5.75 Å². The van der Waals surface area contributed by atoms with Crippen molar-refractivity contribution in [2.24, 2.45) is 5.92 Å². The highest BCUT2D eigenvalue weighted by Gasteiger charge is 2.24. The molecule has 1 aliphatic rings. The first kappa shape index (κ1) is 23.3. The lowest BCUT2D eigenvalue weighted by Gasteiger charge is -2.28. The zero-order valence-corrected chi connectivity index (χ0v) is 19.0. The highest BCUT2D eigenvalue weighted by molar-refractivity contribution is 6.00. The van der Waals surface area contributed by atoms with Gasteiger partial charge in [0.15, 0.2) is 0 Å². The number of aliphatic carboxylic acids is 1. The van der Waals surface area contributed by atoms with E-state index in [1.165, 1.54) is 5.56 Å². The third-order valence-corrected chi connectivity index (χ3v) is 5.99. The lowest BCUT2D eigenvalue weighted by molar-refractivity contribution is -0.138. The van der Waals surface area contributed by atoms with Crippen molar-refractivity contribution in [2.75, 3.05) is 17.2 Å². The molecule has 1 heterocycles. The number of carbonyl (C=O) groups is 2. The predicted molar refractivity (Wildman–Crippen MR) is 127 cm³/mol. The molecule has 0 spiro atoms. The number of nitrogens with one attached hydrogen (secondary N) is 2. The maximum absolute atomic E-state index is 12.5. The highest BCUT2D eigenvalue weighted by atomic mass is 16.5. The van der Waals surface area contributed by atoms with E-state index in [9.17, 15) is 9.59 Å². The summed E-state index contributed by atoms with van der Waals surface area (Å²) in [5.41, 5.74) is 2.56. The molecular weight excluding hydrogens is 436 g/mol. The van der Waals surface area contributed by atoms with Crippen LogP contribution < -0.4 is 15.4 Å². The maximum atomic E-state index is 12.5. The Balaban J connectivity index is 1.29. The molecule has 0 radical (unpaired) electrons. The number of rotatable bonds is 9. The van der Waals surface area contributed by atoms with Gasteiger partial charge in [-0.05, 0) is 86.4 Å². The first-order chi connectivity index (χ1) is 16.5. The molecule has 1 aromatic heterocycles. The molecule has 9 heteroatoms. The number of amides is 1. The van der Waals surface area contributed by atoms with Crippen molar-refractivity contribution in [1.82, 2.24) is 10.2 Å². The lowest BCUT2D eigenvalue weighted by Crippen LogP contribution is -2.16. The number of ether oxygens (including phenoxy) is 1. The minimum Gasteiger partial charge on any atom is -0.494 e. The summed E-state index contributed by atoms with van der Waals surface area (Å²) < 4.78 is 10.8. The van der Waals surface area contributed by atoms with E-state index in [0.29, 0.717) is 18.2 Å². The number of anilines is 3. The van der Waals surface area contributed by atoms with Gasteiger partial charge < -0.3 is 24.9 Å². The van der Waals surface area contributed by atoms with E-state index in [1.54, 1.807) is 0 Å². The molecule has 1 aliphatic carbocycles. The van der Waals surface area contributed by atoms with E-state index in [-0.39, 0.29) is 24.2 Å². The van der Waals surface area contributed by atoms with E-state index in [2.05, 4.69) is 20.8 Å². The average Bonchev–Trinajstić information content (AvgIpc) is 3.30. The fourth-order valence-corrected chi connectivity index (χ4v) is 4.26. The second-order valence-electron chi connectivity index (χ2n) is 8.39. The zero-order valence-electron chi connectivity index (χ0n) is 19.0. The smallest absolute Gasteiger partial charge is 0.320 e. The highest BCUT2D eigenvalue weighted by Crippen LogP contribution is 2.37. The molecule has 0 unspecified atom stereocenters. The Morgan fingerprint density at radius 3 is 2.32 bits per heavy atom. The molecule has 3 aromatic rings. The summed E-state index contributed by atoms with van der Waals surface area (Å²) in [6.07, 6.45) is 4.08. The van der Waals surface area contributed by atoms with Crippen LogP contribution in [0, 0.1) is 5.92 Å². The topological polar surface area (TPSA) is 127 Å². The molecule has 0 aliphatic heterocycles. The fraction of sp³-hybridized carbons (Fsp3) is 0.360. The molecule has 2 aromatic carbocycles. The quantitative estimate of drug-likeness (QED) is 0.394. The molecule has 34 heavy (non-hydrogen) atoms. The normalized spacial score (nSPS) is 17.7. The fourth-order valence-electron chi connectivity index (χ4n) is 4.26. The summed E-state index contributed by atoms with van der Waals surface area (Å²) in [4.78, 5) is 23.4. The van der Waals surface area contributed by atoms with Crippen molar-refractivity contribution in [3.63, 3.8) is 0 Å². The minimum absolute atomic E-state index is 0.114. The van der Waals surface area contributed by atoms with Crippen molar-refractivity contribution in [3.8, 4) is 5.75 Å². The van der Waals surface area contributed by atoms with Gasteiger partial charge in [0.05, 0.1) is 6.61 Å². The SMILES string of the molecule is CCOc1ccc(Nc2nnc(C(=O)Nc3ccc(C4CCC(CC(=O)O)CC4)cc3)o2)cc1. The number of carbonyl (C=O) groups excluding carboxylic acids is 1. The summed E-state index contributed by atoms with van der Waals surface area (Å²) in [6, 6.07) is 15.1. The van der Waals surface area contributed by atoms with E-state index < -0.39 is 11.9 Å². The van der Waals surface area contributed by atoms with Crippen LogP contribution in [0.3, 0.4) is 0 Å². The predicted octanol–water partition coefficient (Wildman–Crippen LogP) is 5.21. The van der Waals surface area contributed by atoms with Crippen LogP contribution in [-0.2, 0) is 4.79 Å². The zero-order chi connectivity index (χ0) is 23.9. The van der Waals surface area contributed by atoms with Gasteiger partial charge in [-0.3, -0.25) is 9.59 Å². The summed E-state index contributed by atoms with van der Waals surface area (Å²) >= 11 is 0. The lowest BCUT2D eigenvalue weighted by atomic mass is 9.77. The first-order valence-electron chi connectivity index (χ1n) is 11.5. The molecule has 0 bridgehead atoms. The van der Waals surface area contributed by atoms with Crippen molar-refractivity contribution < 1.29 is 23.8 Å². The van der Waals surface area contributed by atoms with Gasteiger partial charge in [0, 0.05) is 17.8 Å². The van der Waals surface area contributed by atoms with Crippen molar-refractivity contribution >= 4 is 29.3 Å². The second-order valence-corrected chi connectivity index (χ2v) is 8.39. The van der Waals surface area contributed by atoms with Crippen LogP contribution in [0.15, 0.2) is 52.9 Å². The molecular formula is C25H28N4O5. The molecule has 0 atom stereocenters. The Morgan fingerprint density at radius 1 is 1.00 bits per heavy atom. The van der Waals surface area contributed by atoms with Gasteiger partial charge in [-0.15, -0.1) is 5.10 Å². The molecule has 0 saturated heterocycles. The van der Waals surface area contributed by atoms with Crippen molar-refractivity contribution in [1.29, 1.82) is 0 Å². The monoisotopic (exact) mass is 464 g/mol. The first-order valence-corrected chi connectivity index (χ1v) is 11.5. The van der Waals surface area contributed by atoms with Crippen LogP contribution in [0.4, 0.5) is 17.4 Å². The summed E-state index contributed by atoms with van der Waals surface area (Å²) in [5, 5.41) is 22.4. The molecule has 1 saturated carbocycles. The number of carboxylic acid groups (broad SMARTS) is 1. The molecule has 178 valence electrons. The van der Waals surface area contributed by atoms with E-state index in [0.717, 1.165) is 37.1 Å². The summed E-state index contributed by atoms with van der Waals surface area (Å²) in [7, 11) is 0. The number of nitrogens with zero attached hydrogens (tertiary/aromatic N) is 2. The van der Waals surface area contributed by atoms with Crippen LogP contribution in [0.1, 0.15) is 61.2 Å². The van der Waals surface area contributed by atoms with Gasteiger partial charge in [-0.1, -0.05) is 17.2 Å². The maximum Gasteiger partial charge on any atom is 0.320 e. The Kier molecular flexibility index (Phi) is 7.41. The third-order valence-electron chi connectivity index (χ3n) is 5.99. The standard InChI is InChI=1S/C25H28N4O5/c1-2-33-21-13-11-20(12-14-21)27-25-29-28-24(34-25)23(32)26-19-9-7-18(8-10-19)17-5-3-16(4-6-17)15-22(30)31/h7-14,16-17H,2-6,15H2,1H3,(H,26,32)(H,27,29)(H,30,31). The number of hydrogen-bond acceptors (Lipinski definition) is 7. The van der Waals surface area contributed by atoms with E-state index in [4.69, 9.17) is 14.3 Å². The molecule has 9 nitrogen and oxygen atoms in total. The number of carboxylic acids is 1. The minimum atomic E-state index is -0.719. The van der Waals surface area contributed by atoms with Crippen molar-refractivity contribution in [2.45, 2.75) is 44.9 Å². The molecule has 4 rings (SSSR count). The van der Waals surface area contributed by atoms with Gasteiger partial charge in [-0.2, -0.15) is 0 Å². The molecule has 1 amide bonds. The summed E-state index contributed by atoms with van der Waals surface area (Å²) in [5.74, 6) is 0.0975. The van der Waals surface area contributed by atoms with Crippen LogP contribution in [0.2, 0.25) is 0 Å². The summed E-state index contributed by atoms with van der Waals surface area (Å²) in [6.45, 7) is 2.51. The Morgan fingerprint density at radius 2 is 1.68 bits per heavy atom. The van der Waals surface area contributed by atoms with Gasteiger partial charge in [-0.25, -0.2) is 0 Å². The number of hydrogen-bond donors (Lipinski definition) is 3. The molecule has 3 N–H and O–H groups in total. The van der Waals surface area contributed by atoms with Crippen LogP contribution >= 0.6 is 0 Å². The van der Waals surface area contributed by atoms with Crippen LogP contribution in [0.5, 0.6) is 5.75 Å².